The van der Waals surface area contributed by atoms with Crippen LogP contribution in [0.3, 0.4) is 0 Å². The molecule has 3 rings (SSSR count). The van der Waals surface area contributed by atoms with Gasteiger partial charge in [-0.25, -0.2) is 0 Å². The van der Waals surface area contributed by atoms with Crippen LogP contribution in [0.5, 0.6) is 0 Å². The normalized spacial score (nSPS) is 12.3. The first-order chi connectivity index (χ1) is 10.9. The van der Waals surface area contributed by atoms with Crippen molar-refractivity contribution in [1.82, 2.24) is 4.57 Å². The maximum atomic E-state index is 13.2. The van der Waals surface area contributed by atoms with Gasteiger partial charge < -0.3 is 4.57 Å². The van der Waals surface area contributed by atoms with Gasteiger partial charge in [-0.1, -0.05) is 44.2 Å². The van der Waals surface area contributed by atoms with Crippen LogP contribution in [0.2, 0.25) is 0 Å². The van der Waals surface area contributed by atoms with Crippen molar-refractivity contribution < 1.29 is 13.2 Å². The molecule has 0 saturated heterocycles. The van der Waals surface area contributed by atoms with E-state index in [1.165, 1.54) is 12.1 Å². The predicted octanol–water partition coefficient (Wildman–Crippen LogP) is 5.98. The Hall–Kier alpha value is -2.23. The average molecular weight is 317 g/mol. The molecule has 0 spiro atoms. The third-order valence-corrected chi connectivity index (χ3v) is 3.88. The summed E-state index contributed by atoms with van der Waals surface area (Å²) in [6.07, 6.45) is -2.37. The molecule has 0 radical (unpaired) electrons. The molecular weight excluding hydrogens is 299 g/mol. The zero-order valence-electron chi connectivity index (χ0n) is 13.1. The van der Waals surface area contributed by atoms with Crippen LogP contribution in [-0.4, -0.2) is 4.57 Å². The largest absolute Gasteiger partial charge is 0.417 e. The molecule has 0 aliphatic heterocycles. The molecule has 23 heavy (non-hydrogen) atoms. The van der Waals surface area contributed by atoms with Crippen molar-refractivity contribution in [3.8, 4) is 11.1 Å². The van der Waals surface area contributed by atoms with Crippen molar-refractivity contribution in [2.75, 3.05) is 0 Å². The first-order valence-electron chi connectivity index (χ1n) is 7.62. The van der Waals surface area contributed by atoms with E-state index in [-0.39, 0.29) is 5.56 Å². The molecule has 0 unspecified atom stereocenters. The van der Waals surface area contributed by atoms with E-state index in [4.69, 9.17) is 0 Å². The highest BCUT2D eigenvalue weighted by molar-refractivity contribution is 5.86. The summed E-state index contributed by atoms with van der Waals surface area (Å²) >= 11 is 0. The lowest BCUT2D eigenvalue weighted by Gasteiger charge is -2.14. The van der Waals surface area contributed by atoms with E-state index in [9.17, 15) is 13.2 Å². The molecule has 1 nitrogen and oxygen atoms in total. The second-order valence-electron chi connectivity index (χ2n) is 6.18. The Morgan fingerprint density at radius 1 is 1.00 bits per heavy atom. The number of benzene rings is 2. The van der Waals surface area contributed by atoms with Gasteiger partial charge in [-0.15, -0.1) is 0 Å². The summed E-state index contributed by atoms with van der Waals surface area (Å²) in [5.74, 6) is 0.469. The van der Waals surface area contributed by atoms with Gasteiger partial charge in [-0.05, 0) is 40.6 Å². The Balaban J connectivity index is 2.14. The topological polar surface area (TPSA) is 4.93 Å². The predicted molar refractivity (Wildman–Crippen MR) is 87.2 cm³/mol. The van der Waals surface area contributed by atoms with Crippen LogP contribution in [0, 0.1) is 5.92 Å². The standard InChI is InChI=1S/C19H18F3N/c1-13(2)12-23-10-9-14-7-8-15(11-18(14)23)16-5-3-4-6-17(16)19(20,21)22/h3-11,13H,12H2,1-2H3. The Morgan fingerprint density at radius 3 is 2.43 bits per heavy atom. The van der Waals surface area contributed by atoms with Gasteiger partial charge in [-0.2, -0.15) is 13.2 Å². The highest BCUT2D eigenvalue weighted by atomic mass is 19.4. The molecule has 3 aromatic rings. The van der Waals surface area contributed by atoms with E-state index in [1.807, 2.05) is 24.4 Å². The summed E-state index contributed by atoms with van der Waals surface area (Å²) in [7, 11) is 0. The Bertz CT molecular complexity index is 828. The van der Waals surface area contributed by atoms with Gasteiger partial charge in [0.05, 0.1) is 5.56 Å². The number of rotatable bonds is 3. The van der Waals surface area contributed by atoms with Crippen LogP contribution in [-0.2, 0) is 12.7 Å². The lowest BCUT2D eigenvalue weighted by Crippen LogP contribution is -2.07. The van der Waals surface area contributed by atoms with Gasteiger partial charge in [0.25, 0.3) is 0 Å². The van der Waals surface area contributed by atoms with Crippen molar-refractivity contribution >= 4 is 10.9 Å². The van der Waals surface area contributed by atoms with Crippen LogP contribution in [0.15, 0.2) is 54.7 Å². The van der Waals surface area contributed by atoms with Gasteiger partial charge >= 0.3 is 6.18 Å². The number of aromatic nitrogens is 1. The lowest BCUT2D eigenvalue weighted by atomic mass is 9.98. The summed E-state index contributed by atoms with van der Waals surface area (Å²) in [6.45, 7) is 5.08. The molecule has 0 bridgehead atoms. The van der Waals surface area contributed by atoms with Gasteiger partial charge in [0.1, 0.15) is 0 Å². The fourth-order valence-electron chi connectivity index (χ4n) is 2.89. The molecule has 0 saturated carbocycles. The maximum Gasteiger partial charge on any atom is 0.417 e. The van der Waals surface area contributed by atoms with Crippen LogP contribution in [0.25, 0.3) is 22.0 Å². The van der Waals surface area contributed by atoms with E-state index in [0.717, 1.165) is 23.5 Å². The highest BCUT2D eigenvalue weighted by Crippen LogP contribution is 2.37. The Morgan fingerprint density at radius 2 is 1.74 bits per heavy atom. The molecule has 1 aromatic heterocycles. The zero-order valence-corrected chi connectivity index (χ0v) is 13.1. The third kappa shape index (κ3) is 3.11. The molecular formula is C19H18F3N. The molecule has 120 valence electrons. The molecule has 0 fully saturated rings. The van der Waals surface area contributed by atoms with Crippen molar-refractivity contribution in [3.63, 3.8) is 0 Å². The van der Waals surface area contributed by atoms with Crippen molar-refractivity contribution in [1.29, 1.82) is 0 Å². The van der Waals surface area contributed by atoms with Crippen molar-refractivity contribution in [3.05, 3.63) is 60.3 Å². The second-order valence-corrected chi connectivity index (χ2v) is 6.18. The van der Waals surface area contributed by atoms with Crippen LogP contribution < -0.4 is 0 Å². The summed E-state index contributed by atoms with van der Waals surface area (Å²) in [6, 6.07) is 13.2. The van der Waals surface area contributed by atoms with Gasteiger partial charge in [0, 0.05) is 18.3 Å². The quantitative estimate of drug-likeness (QED) is 0.560. The summed E-state index contributed by atoms with van der Waals surface area (Å²) < 4.78 is 41.8. The first-order valence-corrected chi connectivity index (χ1v) is 7.62. The molecule has 2 aromatic carbocycles. The van der Waals surface area contributed by atoms with Crippen LogP contribution in [0.4, 0.5) is 13.2 Å². The molecule has 0 atom stereocenters. The Labute approximate surface area is 133 Å². The average Bonchev–Trinajstić information content (AvgIpc) is 2.88. The van der Waals surface area contributed by atoms with Crippen LogP contribution in [0.1, 0.15) is 19.4 Å². The fourth-order valence-corrected chi connectivity index (χ4v) is 2.89. The van der Waals surface area contributed by atoms with E-state index in [0.29, 0.717) is 11.5 Å². The molecule has 0 aliphatic rings. The summed E-state index contributed by atoms with van der Waals surface area (Å²) in [5, 5.41) is 1.04. The smallest absolute Gasteiger partial charge is 0.347 e. The van der Waals surface area contributed by atoms with Gasteiger partial charge in [0.2, 0.25) is 0 Å². The number of nitrogens with zero attached hydrogens (tertiary/aromatic N) is 1. The molecule has 0 amide bonds. The minimum Gasteiger partial charge on any atom is -0.347 e. The van der Waals surface area contributed by atoms with E-state index in [1.54, 1.807) is 12.1 Å². The minimum absolute atomic E-state index is 0.221. The summed E-state index contributed by atoms with van der Waals surface area (Å²) in [4.78, 5) is 0. The SMILES string of the molecule is CC(C)Cn1ccc2ccc(-c3ccccc3C(F)(F)F)cc21. The Kier molecular flexibility index (Phi) is 3.92. The zero-order chi connectivity index (χ0) is 16.6. The number of hydrogen-bond donors (Lipinski definition) is 0. The molecule has 0 N–H and O–H groups in total. The van der Waals surface area contributed by atoms with Crippen LogP contribution >= 0.6 is 0 Å². The fraction of sp³-hybridized carbons (Fsp3) is 0.263. The van der Waals surface area contributed by atoms with E-state index >= 15 is 0 Å². The third-order valence-electron chi connectivity index (χ3n) is 3.88. The number of alkyl halides is 3. The van der Waals surface area contributed by atoms with Crippen molar-refractivity contribution in [2.24, 2.45) is 5.92 Å². The van der Waals surface area contributed by atoms with E-state index < -0.39 is 11.7 Å². The molecule has 1 heterocycles. The number of halogens is 3. The highest BCUT2D eigenvalue weighted by Gasteiger charge is 2.33. The molecule has 0 aliphatic carbocycles. The molecule has 4 heteroatoms. The maximum absolute atomic E-state index is 13.2. The van der Waals surface area contributed by atoms with E-state index in [2.05, 4.69) is 18.4 Å². The lowest BCUT2D eigenvalue weighted by molar-refractivity contribution is -0.137. The first kappa shape index (κ1) is 15.7. The minimum atomic E-state index is -4.36. The number of fused-ring (bicyclic) bond motifs is 1. The monoisotopic (exact) mass is 317 g/mol. The van der Waals surface area contributed by atoms with Gasteiger partial charge in [-0.3, -0.25) is 0 Å². The number of hydrogen-bond acceptors (Lipinski definition) is 0. The van der Waals surface area contributed by atoms with Gasteiger partial charge in [0.15, 0.2) is 0 Å². The van der Waals surface area contributed by atoms with Crippen molar-refractivity contribution in [2.45, 2.75) is 26.6 Å². The second kappa shape index (κ2) is 5.76. The summed E-state index contributed by atoms with van der Waals surface area (Å²) in [5.41, 5.74) is 1.18.